The number of aryl methyl sites for hydroxylation is 1. The van der Waals surface area contributed by atoms with Crippen LogP contribution < -0.4 is 4.90 Å². The van der Waals surface area contributed by atoms with E-state index in [2.05, 4.69) is 9.97 Å². The second kappa shape index (κ2) is 4.83. The van der Waals surface area contributed by atoms with Crippen LogP contribution in [0.15, 0.2) is 36.7 Å². The normalized spacial score (nSPS) is 10.1. The molecule has 0 amide bonds. The fraction of sp³-hybridized carbons (Fsp3) is 0.154. The molecule has 1 aromatic heterocycles. The SMILES string of the molecule is Cc1cccc(N(C)c2cnc(C(=O)O)cn2)c1. The minimum atomic E-state index is -1.08. The zero-order chi connectivity index (χ0) is 13.1. The van der Waals surface area contributed by atoms with Gasteiger partial charge in [-0.05, 0) is 24.6 Å². The smallest absolute Gasteiger partial charge is 0.356 e. The molecule has 2 rings (SSSR count). The van der Waals surface area contributed by atoms with E-state index >= 15 is 0 Å². The number of hydrogen-bond donors (Lipinski definition) is 1. The summed E-state index contributed by atoms with van der Waals surface area (Å²) < 4.78 is 0. The number of rotatable bonds is 3. The predicted molar refractivity (Wildman–Crippen MR) is 68.2 cm³/mol. The van der Waals surface area contributed by atoms with Gasteiger partial charge in [0, 0.05) is 12.7 Å². The molecule has 0 aliphatic rings. The fourth-order valence-electron chi connectivity index (χ4n) is 1.57. The van der Waals surface area contributed by atoms with E-state index in [1.54, 1.807) is 0 Å². The third-order valence-corrected chi connectivity index (χ3v) is 2.59. The number of aromatic carboxylic acids is 1. The van der Waals surface area contributed by atoms with Gasteiger partial charge in [0.2, 0.25) is 0 Å². The molecule has 0 radical (unpaired) electrons. The number of hydrogen-bond acceptors (Lipinski definition) is 4. The van der Waals surface area contributed by atoms with E-state index in [0.29, 0.717) is 5.82 Å². The molecule has 0 aliphatic carbocycles. The summed E-state index contributed by atoms with van der Waals surface area (Å²) in [7, 11) is 1.86. The molecule has 0 atom stereocenters. The molecule has 0 spiro atoms. The quantitative estimate of drug-likeness (QED) is 0.895. The molecule has 92 valence electrons. The number of aromatic nitrogens is 2. The first-order valence-corrected chi connectivity index (χ1v) is 5.43. The van der Waals surface area contributed by atoms with Gasteiger partial charge < -0.3 is 10.0 Å². The molecule has 2 aromatic rings. The zero-order valence-electron chi connectivity index (χ0n) is 10.2. The fourth-order valence-corrected chi connectivity index (χ4v) is 1.57. The van der Waals surface area contributed by atoms with E-state index in [9.17, 15) is 4.79 Å². The third kappa shape index (κ3) is 2.45. The van der Waals surface area contributed by atoms with Crippen molar-refractivity contribution in [2.75, 3.05) is 11.9 Å². The lowest BCUT2D eigenvalue weighted by molar-refractivity contribution is 0.0690. The summed E-state index contributed by atoms with van der Waals surface area (Å²) in [5.41, 5.74) is 2.07. The molecule has 5 nitrogen and oxygen atoms in total. The summed E-state index contributed by atoms with van der Waals surface area (Å²) in [4.78, 5) is 20.5. The highest BCUT2D eigenvalue weighted by atomic mass is 16.4. The van der Waals surface area contributed by atoms with Gasteiger partial charge in [-0.1, -0.05) is 12.1 Å². The number of carboxylic acids is 1. The van der Waals surface area contributed by atoms with E-state index < -0.39 is 5.97 Å². The lowest BCUT2D eigenvalue weighted by Gasteiger charge is -2.18. The van der Waals surface area contributed by atoms with Gasteiger partial charge in [0.25, 0.3) is 0 Å². The first kappa shape index (κ1) is 12.0. The maximum absolute atomic E-state index is 10.7. The van der Waals surface area contributed by atoms with Crippen molar-refractivity contribution in [3.63, 3.8) is 0 Å². The third-order valence-electron chi connectivity index (χ3n) is 2.59. The molecule has 0 saturated carbocycles. The molecule has 1 N–H and O–H groups in total. The van der Waals surface area contributed by atoms with Gasteiger partial charge in [0.15, 0.2) is 11.5 Å². The highest BCUT2D eigenvalue weighted by Crippen LogP contribution is 2.21. The van der Waals surface area contributed by atoms with Crippen molar-refractivity contribution in [2.45, 2.75) is 6.92 Å². The van der Waals surface area contributed by atoms with Crippen molar-refractivity contribution in [3.05, 3.63) is 47.9 Å². The van der Waals surface area contributed by atoms with E-state index in [0.717, 1.165) is 11.3 Å². The second-order valence-electron chi connectivity index (χ2n) is 3.96. The molecule has 18 heavy (non-hydrogen) atoms. The van der Waals surface area contributed by atoms with Crippen LogP contribution in [0.25, 0.3) is 0 Å². The molecule has 1 heterocycles. The van der Waals surface area contributed by atoms with Crippen molar-refractivity contribution in [3.8, 4) is 0 Å². The van der Waals surface area contributed by atoms with Gasteiger partial charge in [-0.3, -0.25) is 0 Å². The highest BCUT2D eigenvalue weighted by molar-refractivity contribution is 5.85. The summed E-state index contributed by atoms with van der Waals surface area (Å²) in [5.74, 6) is -0.474. The van der Waals surface area contributed by atoms with Crippen LogP contribution >= 0.6 is 0 Å². The Balaban J connectivity index is 2.28. The number of carbonyl (C=O) groups is 1. The first-order valence-electron chi connectivity index (χ1n) is 5.43. The van der Waals surface area contributed by atoms with Crippen molar-refractivity contribution >= 4 is 17.5 Å². The predicted octanol–water partition coefficient (Wildman–Crippen LogP) is 2.25. The number of carboxylic acid groups (broad SMARTS) is 1. The van der Waals surface area contributed by atoms with Gasteiger partial charge in [0.05, 0.1) is 12.4 Å². The van der Waals surface area contributed by atoms with Crippen LogP contribution in [0.4, 0.5) is 11.5 Å². The molecular weight excluding hydrogens is 230 g/mol. The Bertz CT molecular complexity index is 567. The molecule has 0 unspecified atom stereocenters. The Kier molecular flexibility index (Phi) is 3.23. The summed E-state index contributed by atoms with van der Waals surface area (Å²) in [5, 5.41) is 8.75. The Labute approximate surface area is 105 Å². The largest absolute Gasteiger partial charge is 0.476 e. The zero-order valence-corrected chi connectivity index (χ0v) is 10.2. The van der Waals surface area contributed by atoms with Gasteiger partial charge in [0.1, 0.15) is 0 Å². The highest BCUT2D eigenvalue weighted by Gasteiger charge is 2.09. The minimum absolute atomic E-state index is 0.0589. The molecule has 0 aliphatic heterocycles. The van der Waals surface area contributed by atoms with Crippen LogP contribution in [-0.4, -0.2) is 28.1 Å². The Morgan fingerprint density at radius 2 is 2.06 bits per heavy atom. The minimum Gasteiger partial charge on any atom is -0.476 e. The monoisotopic (exact) mass is 243 g/mol. The van der Waals surface area contributed by atoms with Gasteiger partial charge in [-0.2, -0.15) is 0 Å². The Hall–Kier alpha value is -2.43. The van der Waals surface area contributed by atoms with Crippen molar-refractivity contribution in [1.29, 1.82) is 0 Å². The van der Waals surface area contributed by atoms with Gasteiger partial charge in [-0.15, -0.1) is 0 Å². The van der Waals surface area contributed by atoms with Crippen LogP contribution in [0.5, 0.6) is 0 Å². The molecule has 0 bridgehead atoms. The summed E-state index contributed by atoms with van der Waals surface area (Å²) in [6.07, 6.45) is 2.70. The average molecular weight is 243 g/mol. The summed E-state index contributed by atoms with van der Waals surface area (Å²) in [6, 6.07) is 7.95. The van der Waals surface area contributed by atoms with E-state index in [1.807, 2.05) is 43.1 Å². The standard InChI is InChI=1S/C13H13N3O2/c1-9-4-3-5-10(6-9)16(2)12-8-14-11(7-15-12)13(17)18/h3-8H,1-2H3,(H,17,18). The summed E-state index contributed by atoms with van der Waals surface area (Å²) >= 11 is 0. The van der Waals surface area contributed by atoms with Crippen molar-refractivity contribution < 1.29 is 9.90 Å². The van der Waals surface area contributed by atoms with Crippen LogP contribution in [0.1, 0.15) is 16.1 Å². The van der Waals surface area contributed by atoms with Crippen molar-refractivity contribution in [2.24, 2.45) is 0 Å². The lowest BCUT2D eigenvalue weighted by atomic mass is 10.2. The first-order chi connectivity index (χ1) is 8.58. The van der Waals surface area contributed by atoms with E-state index in [-0.39, 0.29) is 5.69 Å². The van der Waals surface area contributed by atoms with Gasteiger partial charge in [-0.25, -0.2) is 14.8 Å². The lowest BCUT2D eigenvalue weighted by Crippen LogP contribution is -2.12. The van der Waals surface area contributed by atoms with E-state index in [1.165, 1.54) is 12.4 Å². The summed E-state index contributed by atoms with van der Waals surface area (Å²) in [6.45, 7) is 2.01. The Morgan fingerprint density at radius 1 is 1.28 bits per heavy atom. The maximum atomic E-state index is 10.7. The topological polar surface area (TPSA) is 66.3 Å². The van der Waals surface area contributed by atoms with Crippen LogP contribution in [-0.2, 0) is 0 Å². The van der Waals surface area contributed by atoms with E-state index in [4.69, 9.17) is 5.11 Å². The van der Waals surface area contributed by atoms with Crippen LogP contribution in [0.2, 0.25) is 0 Å². The van der Waals surface area contributed by atoms with Crippen LogP contribution in [0.3, 0.4) is 0 Å². The van der Waals surface area contributed by atoms with Gasteiger partial charge >= 0.3 is 5.97 Å². The number of nitrogens with zero attached hydrogens (tertiary/aromatic N) is 3. The van der Waals surface area contributed by atoms with Crippen molar-refractivity contribution in [1.82, 2.24) is 9.97 Å². The maximum Gasteiger partial charge on any atom is 0.356 e. The Morgan fingerprint density at radius 3 is 2.61 bits per heavy atom. The number of benzene rings is 1. The second-order valence-corrected chi connectivity index (χ2v) is 3.96. The average Bonchev–Trinajstić information content (AvgIpc) is 2.38. The molecule has 1 aromatic carbocycles. The van der Waals surface area contributed by atoms with Crippen LogP contribution in [0, 0.1) is 6.92 Å². The number of anilines is 2. The molecule has 0 saturated heterocycles. The molecule has 0 fully saturated rings. The molecule has 5 heteroatoms. The molecular formula is C13H13N3O2.